The predicted octanol–water partition coefficient (Wildman–Crippen LogP) is 2.94. The summed E-state index contributed by atoms with van der Waals surface area (Å²) >= 11 is 0. The zero-order chi connectivity index (χ0) is 10.3. The van der Waals surface area contributed by atoms with Crippen LogP contribution in [0, 0.1) is 17.8 Å². The summed E-state index contributed by atoms with van der Waals surface area (Å²) < 4.78 is 36.0. The maximum absolute atomic E-state index is 12.0. The van der Waals surface area contributed by atoms with Gasteiger partial charge in [-0.1, -0.05) is 6.42 Å². The Kier molecular flexibility index (Phi) is 2.32. The van der Waals surface area contributed by atoms with Gasteiger partial charge in [0.1, 0.15) is 0 Å². The van der Waals surface area contributed by atoms with Crippen molar-refractivity contribution in [2.45, 2.75) is 38.3 Å². The van der Waals surface area contributed by atoms with Gasteiger partial charge in [0.05, 0.1) is 0 Å². The summed E-state index contributed by atoms with van der Waals surface area (Å²) in [6.07, 6.45) is -0.823. The largest absolute Gasteiger partial charge is 0.449 e. The van der Waals surface area contributed by atoms with E-state index in [4.69, 9.17) is 0 Å². The molecule has 2 aliphatic carbocycles. The number of hydrogen-bond acceptors (Lipinski definition) is 1. The molecule has 0 aromatic heterocycles. The molecular formula is C10H13F3O. The number of carbonyl (C=O) groups is 1. The zero-order valence-corrected chi connectivity index (χ0v) is 7.81. The molecule has 2 aliphatic rings. The fraction of sp³-hybridized carbons (Fsp3) is 0.900. The number of Topliss-reactive ketones (excluding diaryl/α,β-unsaturated/α-hetero) is 1. The van der Waals surface area contributed by atoms with Crippen LogP contribution in [-0.2, 0) is 4.79 Å². The molecule has 2 saturated carbocycles. The van der Waals surface area contributed by atoms with E-state index < -0.39 is 12.0 Å². The fourth-order valence-corrected chi connectivity index (χ4v) is 2.98. The van der Waals surface area contributed by atoms with E-state index >= 15 is 0 Å². The molecule has 0 aromatic carbocycles. The van der Waals surface area contributed by atoms with Gasteiger partial charge in [-0.15, -0.1) is 0 Å². The Morgan fingerprint density at radius 3 is 2.36 bits per heavy atom. The lowest BCUT2D eigenvalue weighted by molar-refractivity contribution is -0.172. The molecule has 2 rings (SSSR count). The highest BCUT2D eigenvalue weighted by Gasteiger charge is 2.45. The van der Waals surface area contributed by atoms with E-state index in [0.717, 1.165) is 25.7 Å². The first kappa shape index (κ1) is 9.99. The number of hydrogen-bond donors (Lipinski definition) is 0. The summed E-state index contributed by atoms with van der Waals surface area (Å²) in [7, 11) is 0. The Morgan fingerprint density at radius 2 is 1.93 bits per heavy atom. The zero-order valence-electron chi connectivity index (χ0n) is 7.81. The number of carbonyl (C=O) groups excluding carboxylic acids is 1. The highest BCUT2D eigenvalue weighted by Crippen LogP contribution is 2.50. The predicted molar refractivity (Wildman–Crippen MR) is 44.6 cm³/mol. The highest BCUT2D eigenvalue weighted by atomic mass is 19.4. The third-order valence-corrected chi connectivity index (χ3v) is 3.65. The van der Waals surface area contributed by atoms with Crippen LogP contribution < -0.4 is 0 Å². The molecule has 2 bridgehead atoms. The minimum Gasteiger partial charge on any atom is -0.290 e. The third kappa shape index (κ3) is 1.79. The van der Waals surface area contributed by atoms with Crippen LogP contribution in [0.4, 0.5) is 13.2 Å². The maximum atomic E-state index is 12.0. The Labute approximate surface area is 80.7 Å². The lowest BCUT2D eigenvalue weighted by Crippen LogP contribution is -2.26. The molecule has 1 nitrogen and oxygen atoms in total. The van der Waals surface area contributed by atoms with Crippen LogP contribution in [0.3, 0.4) is 0 Å². The smallest absolute Gasteiger partial charge is 0.290 e. The monoisotopic (exact) mass is 206 g/mol. The fourth-order valence-electron chi connectivity index (χ4n) is 2.98. The Morgan fingerprint density at radius 1 is 1.21 bits per heavy atom. The number of rotatable bonds is 2. The van der Waals surface area contributed by atoms with E-state index in [2.05, 4.69) is 0 Å². The first-order chi connectivity index (χ1) is 6.47. The van der Waals surface area contributed by atoms with Crippen molar-refractivity contribution in [3.8, 4) is 0 Å². The Balaban J connectivity index is 1.90. The quantitative estimate of drug-likeness (QED) is 0.678. The van der Waals surface area contributed by atoms with E-state index in [0.29, 0.717) is 11.8 Å². The minimum absolute atomic E-state index is 0.0166. The summed E-state index contributed by atoms with van der Waals surface area (Å²) in [6, 6.07) is 0. The molecular weight excluding hydrogens is 193 g/mol. The number of halogens is 3. The van der Waals surface area contributed by atoms with Gasteiger partial charge in [0.15, 0.2) is 0 Å². The van der Waals surface area contributed by atoms with Crippen LogP contribution in [0.15, 0.2) is 0 Å². The average molecular weight is 206 g/mol. The molecule has 0 N–H and O–H groups in total. The SMILES string of the molecule is O=C(CC1CC2CCC1C2)C(F)(F)F. The molecule has 80 valence electrons. The molecule has 4 heteroatoms. The second-order valence-corrected chi connectivity index (χ2v) is 4.56. The van der Waals surface area contributed by atoms with E-state index in [1.165, 1.54) is 0 Å². The summed E-state index contributed by atoms with van der Waals surface area (Å²) in [6.45, 7) is 0. The van der Waals surface area contributed by atoms with Gasteiger partial charge < -0.3 is 0 Å². The maximum Gasteiger partial charge on any atom is 0.449 e. The molecule has 0 spiro atoms. The molecule has 3 atom stereocenters. The van der Waals surface area contributed by atoms with Crippen molar-refractivity contribution in [3.63, 3.8) is 0 Å². The van der Waals surface area contributed by atoms with Gasteiger partial charge >= 0.3 is 6.18 Å². The lowest BCUT2D eigenvalue weighted by atomic mass is 9.85. The molecule has 0 amide bonds. The van der Waals surface area contributed by atoms with Gasteiger partial charge in [-0.25, -0.2) is 0 Å². The molecule has 0 saturated heterocycles. The highest BCUT2D eigenvalue weighted by molar-refractivity contribution is 5.84. The van der Waals surface area contributed by atoms with Crippen molar-refractivity contribution in [1.82, 2.24) is 0 Å². The molecule has 14 heavy (non-hydrogen) atoms. The van der Waals surface area contributed by atoms with E-state index in [1.54, 1.807) is 0 Å². The summed E-state index contributed by atoms with van der Waals surface area (Å²) in [5.41, 5.74) is 0. The first-order valence-electron chi connectivity index (χ1n) is 5.07. The first-order valence-corrected chi connectivity index (χ1v) is 5.07. The summed E-state index contributed by atoms with van der Waals surface area (Å²) in [4.78, 5) is 10.8. The second-order valence-electron chi connectivity index (χ2n) is 4.56. The topological polar surface area (TPSA) is 17.1 Å². The van der Waals surface area contributed by atoms with Crippen LogP contribution in [-0.4, -0.2) is 12.0 Å². The normalized spacial score (nSPS) is 36.4. The summed E-state index contributed by atoms with van der Waals surface area (Å²) in [5, 5.41) is 0. The number of alkyl halides is 3. The molecule has 0 aliphatic heterocycles. The van der Waals surface area contributed by atoms with Crippen LogP contribution in [0.25, 0.3) is 0 Å². The number of ketones is 1. The van der Waals surface area contributed by atoms with E-state index in [1.807, 2.05) is 0 Å². The Hall–Kier alpha value is -0.540. The lowest BCUT2D eigenvalue weighted by Gasteiger charge is -2.21. The molecule has 0 radical (unpaired) electrons. The van der Waals surface area contributed by atoms with E-state index in [9.17, 15) is 18.0 Å². The minimum atomic E-state index is -4.62. The molecule has 0 aromatic rings. The van der Waals surface area contributed by atoms with Gasteiger partial charge in [0.2, 0.25) is 5.78 Å². The van der Waals surface area contributed by atoms with Crippen LogP contribution >= 0.6 is 0 Å². The van der Waals surface area contributed by atoms with Crippen molar-refractivity contribution >= 4 is 5.78 Å². The van der Waals surface area contributed by atoms with Gasteiger partial charge in [0.25, 0.3) is 0 Å². The Bertz CT molecular complexity index is 246. The molecule has 2 fully saturated rings. The van der Waals surface area contributed by atoms with Gasteiger partial charge in [-0.2, -0.15) is 13.2 Å². The van der Waals surface area contributed by atoms with Gasteiger partial charge in [-0.05, 0) is 37.0 Å². The molecule has 3 unspecified atom stereocenters. The van der Waals surface area contributed by atoms with E-state index in [-0.39, 0.29) is 12.3 Å². The second kappa shape index (κ2) is 3.24. The van der Waals surface area contributed by atoms with Crippen molar-refractivity contribution in [1.29, 1.82) is 0 Å². The van der Waals surface area contributed by atoms with Gasteiger partial charge in [-0.3, -0.25) is 4.79 Å². The van der Waals surface area contributed by atoms with Crippen LogP contribution in [0.5, 0.6) is 0 Å². The third-order valence-electron chi connectivity index (χ3n) is 3.65. The van der Waals surface area contributed by atoms with Crippen LogP contribution in [0.2, 0.25) is 0 Å². The van der Waals surface area contributed by atoms with Crippen molar-refractivity contribution < 1.29 is 18.0 Å². The van der Waals surface area contributed by atoms with Crippen molar-refractivity contribution in [3.05, 3.63) is 0 Å². The standard InChI is InChI=1S/C10H13F3O/c11-10(12,13)9(14)5-8-4-6-1-2-7(8)3-6/h6-8H,1-5H2. The molecule has 0 heterocycles. The van der Waals surface area contributed by atoms with Gasteiger partial charge in [0, 0.05) is 6.42 Å². The van der Waals surface area contributed by atoms with Crippen molar-refractivity contribution in [2.24, 2.45) is 17.8 Å². The van der Waals surface area contributed by atoms with Crippen LogP contribution in [0.1, 0.15) is 32.1 Å². The average Bonchev–Trinajstić information content (AvgIpc) is 2.62. The number of fused-ring (bicyclic) bond motifs is 2. The van der Waals surface area contributed by atoms with Crippen molar-refractivity contribution in [2.75, 3.05) is 0 Å². The summed E-state index contributed by atoms with van der Waals surface area (Å²) in [5.74, 6) is -0.518.